The van der Waals surface area contributed by atoms with E-state index >= 15 is 0 Å². The summed E-state index contributed by atoms with van der Waals surface area (Å²) in [5.41, 5.74) is 0. The van der Waals surface area contributed by atoms with E-state index in [1.54, 1.807) is 0 Å². The number of quaternary nitrogens is 1. The third-order valence-electron chi connectivity index (χ3n) is 8.94. The minimum absolute atomic E-state index is 0.0108. The number of likely N-dealkylation sites (N-methyl/N-ethyl adjacent to an activating group) is 1. The van der Waals surface area contributed by atoms with E-state index in [2.05, 4.69) is 20.9 Å². The zero-order chi connectivity index (χ0) is 31.2. The molecular weight excluding hydrogens is 526 g/mol. The zero-order valence-corrected chi connectivity index (χ0v) is 28.5. The van der Waals surface area contributed by atoms with Gasteiger partial charge in [-0.25, -0.2) is 0 Å². The second-order valence-corrected chi connectivity index (χ2v) is 13.3. The number of aliphatic hydroxyl groups is 3. The highest BCUT2D eigenvalue weighted by Crippen LogP contribution is 2.19. The molecule has 0 radical (unpaired) electrons. The van der Waals surface area contributed by atoms with Gasteiger partial charge in [0.25, 0.3) is 0 Å². The molecule has 6 heteroatoms. The Labute approximate surface area is 261 Å². The molecule has 0 aliphatic rings. The van der Waals surface area contributed by atoms with Crippen molar-refractivity contribution in [2.45, 2.75) is 193 Å². The highest BCUT2D eigenvalue weighted by Gasteiger charge is 2.20. The fourth-order valence-corrected chi connectivity index (χ4v) is 6.03. The van der Waals surface area contributed by atoms with Crippen LogP contribution in [-0.4, -0.2) is 71.5 Å². The largest absolute Gasteiger partial charge is 0.462 e. The summed E-state index contributed by atoms with van der Waals surface area (Å²) >= 11 is 0. The van der Waals surface area contributed by atoms with Crippen LogP contribution in [0.15, 0.2) is 0 Å². The van der Waals surface area contributed by atoms with Crippen LogP contribution in [0.2, 0.25) is 0 Å². The molecule has 0 aliphatic carbocycles. The lowest BCUT2D eigenvalue weighted by molar-refractivity contribution is -0.910. The van der Waals surface area contributed by atoms with Gasteiger partial charge >= 0.3 is 5.97 Å². The van der Waals surface area contributed by atoms with E-state index in [-0.39, 0.29) is 18.7 Å². The van der Waals surface area contributed by atoms with Crippen molar-refractivity contribution in [1.82, 2.24) is 0 Å². The summed E-state index contributed by atoms with van der Waals surface area (Å²) < 4.78 is 6.92. The maximum atomic E-state index is 12.6. The molecule has 0 amide bonds. The summed E-state index contributed by atoms with van der Waals surface area (Å²) in [6, 6.07) is 0. The van der Waals surface area contributed by atoms with Gasteiger partial charge in [-0.15, -0.1) is 0 Å². The van der Waals surface area contributed by atoms with E-state index < -0.39 is 6.29 Å². The lowest BCUT2D eigenvalue weighted by Gasteiger charge is -2.34. The molecule has 42 heavy (non-hydrogen) atoms. The Bertz CT molecular complexity index is 557. The van der Waals surface area contributed by atoms with E-state index in [0.717, 1.165) is 94.7 Å². The lowest BCUT2D eigenvalue weighted by Crippen LogP contribution is -2.47. The van der Waals surface area contributed by atoms with E-state index in [4.69, 9.17) is 14.9 Å². The summed E-state index contributed by atoms with van der Waals surface area (Å²) in [7, 11) is 2.27. The average Bonchev–Trinajstić information content (AvgIpc) is 2.95. The van der Waals surface area contributed by atoms with Crippen molar-refractivity contribution in [3.63, 3.8) is 0 Å². The first kappa shape index (κ1) is 41.3. The number of nitrogens with zero attached hydrogens (tertiary/aromatic N) is 1. The smallest absolute Gasteiger partial charge is 0.306 e. The number of carbonyl (C=O) groups excluding carboxylic acids is 1. The van der Waals surface area contributed by atoms with Crippen LogP contribution >= 0.6 is 0 Å². The molecule has 3 N–H and O–H groups in total. The Kier molecular flexibility index (Phi) is 29.8. The number of carbonyl (C=O) groups is 1. The van der Waals surface area contributed by atoms with Crippen molar-refractivity contribution in [2.24, 2.45) is 0 Å². The Morgan fingerprint density at radius 2 is 0.976 bits per heavy atom. The van der Waals surface area contributed by atoms with Gasteiger partial charge in [0.15, 0.2) is 6.29 Å². The second-order valence-electron chi connectivity index (χ2n) is 13.3. The van der Waals surface area contributed by atoms with Crippen LogP contribution in [-0.2, 0) is 9.53 Å². The molecule has 0 spiro atoms. The minimum atomic E-state index is -1.17. The first-order valence-corrected chi connectivity index (χ1v) is 18.4. The third-order valence-corrected chi connectivity index (χ3v) is 8.94. The summed E-state index contributed by atoms with van der Waals surface area (Å²) in [5.74, 6) is 0.0108. The molecule has 0 saturated carbocycles. The number of ether oxygens (including phenoxy) is 1. The highest BCUT2D eigenvalue weighted by molar-refractivity contribution is 5.69. The molecule has 0 aromatic heterocycles. The van der Waals surface area contributed by atoms with Gasteiger partial charge in [0, 0.05) is 6.42 Å². The van der Waals surface area contributed by atoms with Crippen molar-refractivity contribution >= 4 is 5.97 Å². The van der Waals surface area contributed by atoms with Gasteiger partial charge in [-0.2, -0.15) is 0 Å². The van der Waals surface area contributed by atoms with E-state index in [0.29, 0.717) is 12.8 Å². The Hall–Kier alpha value is -0.690. The Morgan fingerprint density at radius 1 is 0.571 bits per heavy atom. The molecule has 0 saturated heterocycles. The average molecular weight is 601 g/mol. The topological polar surface area (TPSA) is 87.0 Å². The van der Waals surface area contributed by atoms with Gasteiger partial charge < -0.3 is 24.5 Å². The van der Waals surface area contributed by atoms with Gasteiger partial charge in [-0.1, -0.05) is 104 Å². The molecule has 252 valence electrons. The quantitative estimate of drug-likeness (QED) is 0.0303. The minimum Gasteiger partial charge on any atom is -0.462 e. The Morgan fingerprint density at radius 3 is 1.43 bits per heavy atom. The lowest BCUT2D eigenvalue weighted by atomic mass is 10.0. The number of unbranched alkanes of at least 4 members (excludes halogenated alkanes) is 18. The molecule has 0 aliphatic heterocycles. The molecule has 1 unspecified atom stereocenters. The molecule has 0 aromatic carbocycles. The van der Waals surface area contributed by atoms with Gasteiger partial charge in [0.2, 0.25) is 0 Å². The second kappa shape index (κ2) is 30.3. The van der Waals surface area contributed by atoms with Gasteiger partial charge in [-0.3, -0.25) is 4.79 Å². The molecule has 0 aromatic rings. The van der Waals surface area contributed by atoms with Gasteiger partial charge in [-0.05, 0) is 70.6 Å². The predicted octanol–water partition coefficient (Wildman–Crippen LogP) is 8.83. The number of aliphatic hydroxyl groups excluding tert-OH is 2. The van der Waals surface area contributed by atoms with Crippen molar-refractivity contribution in [2.75, 3.05) is 33.3 Å². The van der Waals surface area contributed by atoms with Crippen molar-refractivity contribution in [3.05, 3.63) is 0 Å². The standard InChI is InChI=1S/C36H74NO5/c1-4-6-8-10-14-20-26-34(27-21-15-11-9-7-5-2)42-36(41)29-23-17-13-19-25-31-37(3,32-33-38)30-24-18-12-16-22-28-35(39)40/h34-35,38-40H,4-33H2,1-3H3/q+1. The summed E-state index contributed by atoms with van der Waals surface area (Å²) in [6.45, 7) is 7.73. The maximum Gasteiger partial charge on any atom is 0.306 e. The number of rotatable bonds is 33. The molecule has 6 nitrogen and oxygen atoms in total. The predicted molar refractivity (Wildman–Crippen MR) is 177 cm³/mol. The van der Waals surface area contributed by atoms with E-state index in [1.165, 1.54) is 83.5 Å². The van der Waals surface area contributed by atoms with E-state index in [9.17, 15) is 9.90 Å². The molecular formula is C36H74NO5+. The number of hydrogen-bond donors (Lipinski definition) is 3. The molecule has 0 bridgehead atoms. The fraction of sp³-hybridized carbons (Fsp3) is 0.972. The van der Waals surface area contributed by atoms with E-state index in [1.807, 2.05) is 0 Å². The molecule has 1 atom stereocenters. The van der Waals surface area contributed by atoms with Crippen molar-refractivity contribution in [1.29, 1.82) is 0 Å². The van der Waals surface area contributed by atoms with Crippen molar-refractivity contribution < 1.29 is 29.3 Å². The van der Waals surface area contributed by atoms with Crippen LogP contribution in [0.5, 0.6) is 0 Å². The van der Waals surface area contributed by atoms with Gasteiger partial charge in [0.05, 0.1) is 26.7 Å². The summed E-state index contributed by atoms with van der Waals surface area (Å²) in [6.07, 6.45) is 28.3. The van der Waals surface area contributed by atoms with Crippen molar-refractivity contribution in [3.8, 4) is 0 Å². The first-order valence-electron chi connectivity index (χ1n) is 18.4. The molecule has 0 fully saturated rings. The maximum absolute atomic E-state index is 12.6. The summed E-state index contributed by atoms with van der Waals surface area (Å²) in [4.78, 5) is 12.6. The van der Waals surface area contributed by atoms with Crippen LogP contribution in [0.25, 0.3) is 0 Å². The number of esters is 1. The monoisotopic (exact) mass is 601 g/mol. The van der Waals surface area contributed by atoms with Crippen LogP contribution in [0.4, 0.5) is 0 Å². The zero-order valence-electron chi connectivity index (χ0n) is 28.5. The first-order chi connectivity index (χ1) is 20.4. The highest BCUT2D eigenvalue weighted by atomic mass is 16.5. The molecule has 0 heterocycles. The van der Waals surface area contributed by atoms with Crippen LogP contribution < -0.4 is 0 Å². The normalized spacial score (nSPS) is 13.2. The SMILES string of the molecule is CCCCCCCCC(CCCCCCCC)OC(=O)CCCCCCC[N+](C)(CCO)CCCCCCCC(O)O. The fourth-order valence-electron chi connectivity index (χ4n) is 6.03. The molecule has 0 rings (SSSR count). The third kappa shape index (κ3) is 28.1. The van der Waals surface area contributed by atoms with Crippen LogP contribution in [0.3, 0.4) is 0 Å². The van der Waals surface area contributed by atoms with Gasteiger partial charge in [0.1, 0.15) is 12.6 Å². The Balaban J connectivity index is 4.15. The summed E-state index contributed by atoms with van der Waals surface area (Å²) in [5, 5.41) is 27.5. The van der Waals surface area contributed by atoms with Crippen LogP contribution in [0, 0.1) is 0 Å². The van der Waals surface area contributed by atoms with Crippen LogP contribution in [0.1, 0.15) is 181 Å². The number of hydrogen-bond acceptors (Lipinski definition) is 5.